The fourth-order valence-electron chi connectivity index (χ4n) is 1.75. The smallest absolute Gasteiger partial charge is 0.337 e. The minimum absolute atomic E-state index is 0.388. The molecule has 92 valence electrons. The van der Waals surface area contributed by atoms with E-state index < -0.39 is 13.1 Å². The summed E-state index contributed by atoms with van der Waals surface area (Å²) < 4.78 is 22.4. The van der Waals surface area contributed by atoms with E-state index in [2.05, 4.69) is 9.72 Å². The van der Waals surface area contributed by atoms with Gasteiger partial charge in [0.05, 0.1) is 25.9 Å². The summed E-state index contributed by atoms with van der Waals surface area (Å²) >= 11 is 0. The predicted molar refractivity (Wildman–Crippen MR) is 63.4 cm³/mol. The molecule has 1 aromatic rings. The number of carbonyl (C=O) groups excluding carboxylic acids is 1. The molecule has 0 amide bonds. The Hall–Kier alpha value is -1.19. The summed E-state index contributed by atoms with van der Waals surface area (Å²) in [6.07, 6.45) is 2.48. The molecule has 0 aliphatic carbocycles. The lowest BCUT2D eigenvalue weighted by molar-refractivity contribution is 0.0600. The Balaban J connectivity index is 2.32. The Morgan fingerprint density at radius 2 is 2.18 bits per heavy atom. The first kappa shape index (κ1) is 12.3. The molecule has 1 aliphatic heterocycles. The summed E-state index contributed by atoms with van der Waals surface area (Å²) in [5.74, 6) is -0.437. The number of methoxy groups -OCH3 is 1. The molecular formula is C11H14NO4P. The molecule has 0 saturated carbocycles. The number of rotatable bonds is 2. The highest BCUT2D eigenvalue weighted by Crippen LogP contribution is 2.44. The fraction of sp³-hybridized carbons (Fsp3) is 0.455. The minimum Gasteiger partial charge on any atom is -0.465 e. The molecule has 6 heteroatoms. The molecule has 0 spiro atoms. The van der Waals surface area contributed by atoms with E-state index in [-0.39, 0.29) is 0 Å². The zero-order chi connectivity index (χ0) is 12.3. The lowest BCUT2D eigenvalue weighted by Crippen LogP contribution is -2.24. The first-order valence-electron chi connectivity index (χ1n) is 5.36. The van der Waals surface area contributed by atoms with Gasteiger partial charge in [-0.05, 0) is 12.1 Å². The molecule has 0 bridgehead atoms. The van der Waals surface area contributed by atoms with Gasteiger partial charge in [0.25, 0.3) is 0 Å². The van der Waals surface area contributed by atoms with Crippen LogP contribution in [0, 0.1) is 0 Å². The molecule has 2 rings (SSSR count). The number of carbonyl (C=O) groups is 1. The summed E-state index contributed by atoms with van der Waals surface area (Å²) in [6, 6.07) is 3.12. The Labute approximate surface area is 99.5 Å². The van der Waals surface area contributed by atoms with E-state index in [1.807, 2.05) is 0 Å². The van der Waals surface area contributed by atoms with Crippen LogP contribution in [0.1, 0.15) is 10.4 Å². The van der Waals surface area contributed by atoms with E-state index in [9.17, 15) is 9.36 Å². The Bertz CT molecular complexity index is 464. The normalized spacial score (nSPS) is 18.6. The summed E-state index contributed by atoms with van der Waals surface area (Å²) in [7, 11) is -1.17. The van der Waals surface area contributed by atoms with Gasteiger partial charge in [-0.3, -0.25) is 4.98 Å². The summed E-state index contributed by atoms with van der Waals surface area (Å²) in [6.45, 7) is 0.975. The zero-order valence-corrected chi connectivity index (χ0v) is 10.5. The molecular weight excluding hydrogens is 241 g/mol. The van der Waals surface area contributed by atoms with Crippen molar-refractivity contribution in [1.82, 2.24) is 4.98 Å². The number of pyridine rings is 1. The highest BCUT2D eigenvalue weighted by molar-refractivity contribution is 7.71. The Kier molecular flexibility index (Phi) is 3.60. The van der Waals surface area contributed by atoms with Crippen molar-refractivity contribution in [2.45, 2.75) is 0 Å². The van der Waals surface area contributed by atoms with Crippen LogP contribution in [-0.4, -0.2) is 43.6 Å². The molecule has 0 radical (unpaired) electrons. The third-order valence-electron chi connectivity index (χ3n) is 2.78. The molecule has 0 unspecified atom stereocenters. The lowest BCUT2D eigenvalue weighted by Gasteiger charge is -2.22. The predicted octanol–water partition coefficient (Wildman–Crippen LogP) is 0.887. The number of hydrogen-bond donors (Lipinski definition) is 0. The highest BCUT2D eigenvalue weighted by Gasteiger charge is 2.29. The highest BCUT2D eigenvalue weighted by atomic mass is 31.2. The van der Waals surface area contributed by atoms with Gasteiger partial charge in [-0.15, -0.1) is 0 Å². The van der Waals surface area contributed by atoms with Crippen LogP contribution in [0.2, 0.25) is 0 Å². The molecule has 1 aliphatic rings. The van der Waals surface area contributed by atoms with Crippen LogP contribution < -0.4 is 5.44 Å². The topological polar surface area (TPSA) is 65.5 Å². The molecule has 1 aromatic heterocycles. The zero-order valence-electron chi connectivity index (χ0n) is 9.59. The van der Waals surface area contributed by atoms with Crippen LogP contribution in [0.4, 0.5) is 0 Å². The molecule has 0 aromatic carbocycles. The molecule has 1 saturated heterocycles. The van der Waals surface area contributed by atoms with Crippen LogP contribution in [0.5, 0.6) is 0 Å². The van der Waals surface area contributed by atoms with Gasteiger partial charge >= 0.3 is 5.97 Å². The van der Waals surface area contributed by atoms with Crippen molar-refractivity contribution in [2.75, 3.05) is 32.6 Å². The molecule has 5 nitrogen and oxygen atoms in total. The second-order valence-corrected chi connectivity index (χ2v) is 6.97. The molecule has 1 fully saturated rings. The first-order chi connectivity index (χ1) is 8.15. The van der Waals surface area contributed by atoms with E-state index in [1.165, 1.54) is 13.3 Å². The molecule has 2 heterocycles. The van der Waals surface area contributed by atoms with Crippen molar-refractivity contribution in [2.24, 2.45) is 0 Å². The standard InChI is InChI=1S/C11H14NO4P/c1-15-11(13)9-2-3-12-10(8-9)17(14)6-4-16-5-7-17/h2-3,8H,4-7H2,1H3. The maximum absolute atomic E-state index is 12.6. The molecule has 0 atom stereocenters. The average molecular weight is 255 g/mol. The largest absolute Gasteiger partial charge is 0.465 e. The monoisotopic (exact) mass is 255 g/mol. The van der Waals surface area contributed by atoms with Crippen LogP contribution in [0.25, 0.3) is 0 Å². The van der Waals surface area contributed by atoms with Gasteiger partial charge < -0.3 is 14.0 Å². The number of hydrogen-bond acceptors (Lipinski definition) is 5. The van der Waals surface area contributed by atoms with Crippen molar-refractivity contribution in [1.29, 1.82) is 0 Å². The van der Waals surface area contributed by atoms with Gasteiger partial charge in [0, 0.05) is 18.5 Å². The third kappa shape index (κ3) is 2.56. The second-order valence-electron chi connectivity index (χ2n) is 3.84. The van der Waals surface area contributed by atoms with Gasteiger partial charge in [0.2, 0.25) is 0 Å². The number of ether oxygens (including phenoxy) is 2. The van der Waals surface area contributed by atoms with Crippen molar-refractivity contribution in [3.8, 4) is 0 Å². The SMILES string of the molecule is COC(=O)c1ccnc(P2(=O)CCOCC2)c1. The average Bonchev–Trinajstić information content (AvgIpc) is 2.39. The number of aromatic nitrogens is 1. The Morgan fingerprint density at radius 3 is 2.82 bits per heavy atom. The van der Waals surface area contributed by atoms with E-state index >= 15 is 0 Å². The van der Waals surface area contributed by atoms with Gasteiger partial charge in [0.15, 0.2) is 0 Å². The quantitative estimate of drug-likeness (QED) is 0.580. The maximum atomic E-state index is 12.6. The van der Waals surface area contributed by atoms with Gasteiger partial charge in [-0.25, -0.2) is 4.79 Å². The fourth-order valence-corrected chi connectivity index (χ4v) is 3.93. The van der Waals surface area contributed by atoms with E-state index in [1.54, 1.807) is 12.1 Å². The van der Waals surface area contributed by atoms with Crippen molar-refractivity contribution >= 4 is 18.5 Å². The molecule has 17 heavy (non-hydrogen) atoms. The minimum atomic E-state index is -2.49. The van der Waals surface area contributed by atoms with E-state index in [4.69, 9.17) is 4.74 Å². The number of nitrogens with zero attached hydrogens (tertiary/aromatic N) is 1. The lowest BCUT2D eigenvalue weighted by atomic mass is 10.3. The Morgan fingerprint density at radius 1 is 1.47 bits per heavy atom. The van der Waals surface area contributed by atoms with Crippen LogP contribution in [-0.2, 0) is 14.0 Å². The van der Waals surface area contributed by atoms with Crippen molar-refractivity contribution < 1.29 is 18.8 Å². The van der Waals surface area contributed by atoms with E-state index in [0.717, 1.165) is 0 Å². The van der Waals surface area contributed by atoms with Crippen LogP contribution in [0.3, 0.4) is 0 Å². The van der Waals surface area contributed by atoms with Crippen molar-refractivity contribution in [3.63, 3.8) is 0 Å². The first-order valence-corrected chi connectivity index (χ1v) is 7.44. The van der Waals surface area contributed by atoms with Gasteiger partial charge in [0.1, 0.15) is 12.6 Å². The van der Waals surface area contributed by atoms with Crippen molar-refractivity contribution in [3.05, 3.63) is 23.9 Å². The number of esters is 1. The molecule has 0 N–H and O–H groups in total. The van der Waals surface area contributed by atoms with E-state index in [0.29, 0.717) is 36.5 Å². The van der Waals surface area contributed by atoms with Crippen LogP contribution in [0.15, 0.2) is 18.3 Å². The van der Waals surface area contributed by atoms with Gasteiger partial charge in [-0.2, -0.15) is 0 Å². The summed E-state index contributed by atoms with van der Waals surface area (Å²) in [5.41, 5.74) is 0.892. The summed E-state index contributed by atoms with van der Waals surface area (Å²) in [4.78, 5) is 15.5. The second kappa shape index (κ2) is 4.98. The summed E-state index contributed by atoms with van der Waals surface area (Å²) in [5, 5.41) is 0. The third-order valence-corrected chi connectivity index (χ3v) is 5.67. The van der Waals surface area contributed by atoms with Gasteiger partial charge in [-0.1, -0.05) is 0 Å². The van der Waals surface area contributed by atoms with Crippen LogP contribution >= 0.6 is 7.14 Å². The maximum Gasteiger partial charge on any atom is 0.337 e.